The Morgan fingerprint density at radius 1 is 1.12 bits per heavy atom. The van der Waals surface area contributed by atoms with E-state index in [1.807, 2.05) is 44.5 Å². The molecule has 1 unspecified atom stereocenters. The Hall–Kier alpha value is -3.65. The second-order valence-electron chi connectivity index (χ2n) is 11.9. The van der Waals surface area contributed by atoms with Crippen molar-refractivity contribution in [2.75, 3.05) is 18.0 Å². The van der Waals surface area contributed by atoms with E-state index >= 15 is 0 Å². The van der Waals surface area contributed by atoms with Crippen LogP contribution in [-0.4, -0.2) is 40.5 Å². The summed E-state index contributed by atoms with van der Waals surface area (Å²) in [5, 5.41) is 7.18. The van der Waals surface area contributed by atoms with Crippen LogP contribution in [0.4, 0.5) is 5.69 Å². The van der Waals surface area contributed by atoms with Gasteiger partial charge in [-0.1, -0.05) is 18.2 Å². The number of aromatic nitrogens is 2. The number of nitrogens with zero attached hydrogens (tertiary/aromatic N) is 2. The summed E-state index contributed by atoms with van der Waals surface area (Å²) in [6, 6.07) is 12.2. The van der Waals surface area contributed by atoms with Gasteiger partial charge in [0, 0.05) is 59.4 Å². The molecule has 1 atom stereocenters. The highest BCUT2D eigenvalue weighted by Crippen LogP contribution is 2.34. The lowest BCUT2D eigenvalue weighted by atomic mass is 9.99. The number of carbonyl (C=O) groups is 2. The fraction of sp³-hybridized carbons (Fsp3) is 0.424. The quantitative estimate of drug-likeness (QED) is 0.219. The van der Waals surface area contributed by atoms with Gasteiger partial charge in [0.1, 0.15) is 16.7 Å². The molecule has 0 aliphatic carbocycles. The van der Waals surface area contributed by atoms with Crippen molar-refractivity contribution >= 4 is 39.8 Å². The monoisotopic (exact) mass is 572 g/mol. The Morgan fingerprint density at radius 3 is 2.66 bits per heavy atom. The first-order valence-electron chi connectivity index (χ1n) is 14.5. The first-order valence-corrected chi connectivity index (χ1v) is 15.4. The lowest BCUT2D eigenvalue weighted by Gasteiger charge is -2.32. The predicted molar refractivity (Wildman–Crippen MR) is 166 cm³/mol. The van der Waals surface area contributed by atoms with Crippen LogP contribution in [0.2, 0.25) is 0 Å². The van der Waals surface area contributed by atoms with E-state index in [-0.39, 0.29) is 24.3 Å². The standard InChI is InChI=1S/C33H40N4O3S/c1-22-8-11-25(28(18-22)37-15-6-5-7-16-37)31(32-34-14-17-41-32)36-29(38)20-23-9-12-27-26(19-23)24(21-35-27)10-13-30(39)40-33(2,3)4/h8-9,11-12,14,17-19,21,31,35H,5-7,10,13,15-16,20H2,1-4H3,(H,36,38). The molecule has 0 saturated carbocycles. The molecule has 2 N–H and O–H groups in total. The molecule has 0 spiro atoms. The number of aromatic amines is 1. The van der Waals surface area contributed by atoms with Gasteiger partial charge in [-0.2, -0.15) is 0 Å². The van der Waals surface area contributed by atoms with Gasteiger partial charge in [-0.15, -0.1) is 11.3 Å². The third-order valence-corrected chi connectivity index (χ3v) is 8.25. The van der Waals surface area contributed by atoms with Crippen LogP contribution >= 0.6 is 11.3 Å². The first kappa shape index (κ1) is 28.9. The topological polar surface area (TPSA) is 87.3 Å². The molecule has 5 rings (SSSR count). The molecule has 2 aromatic carbocycles. The third kappa shape index (κ3) is 7.36. The minimum atomic E-state index is -0.499. The maximum Gasteiger partial charge on any atom is 0.306 e. The normalized spacial score (nSPS) is 14.7. The second-order valence-corrected chi connectivity index (χ2v) is 12.9. The molecule has 2 aromatic heterocycles. The predicted octanol–water partition coefficient (Wildman–Crippen LogP) is 6.65. The van der Waals surface area contributed by atoms with E-state index in [0.29, 0.717) is 12.8 Å². The zero-order valence-electron chi connectivity index (χ0n) is 24.5. The zero-order valence-corrected chi connectivity index (χ0v) is 25.3. The summed E-state index contributed by atoms with van der Waals surface area (Å²) in [5.74, 6) is -0.267. The number of aryl methyl sites for hydroxylation is 2. The minimum absolute atomic E-state index is 0.0550. The zero-order chi connectivity index (χ0) is 29.0. The van der Waals surface area contributed by atoms with Crippen LogP contribution in [0, 0.1) is 6.92 Å². The van der Waals surface area contributed by atoms with Crippen molar-refractivity contribution < 1.29 is 14.3 Å². The van der Waals surface area contributed by atoms with Crippen molar-refractivity contribution in [3.05, 3.63) is 81.4 Å². The molecule has 1 fully saturated rings. The molecule has 1 saturated heterocycles. The van der Waals surface area contributed by atoms with Crippen LogP contribution in [0.5, 0.6) is 0 Å². The van der Waals surface area contributed by atoms with Gasteiger partial charge in [-0.25, -0.2) is 4.98 Å². The molecule has 3 heterocycles. The SMILES string of the molecule is Cc1ccc(C(NC(=O)Cc2ccc3[nH]cc(CCC(=O)OC(C)(C)C)c3c2)c2nccs2)c(N2CCCCC2)c1. The van der Waals surface area contributed by atoms with E-state index in [2.05, 4.69) is 51.4 Å². The average molecular weight is 573 g/mol. The van der Waals surface area contributed by atoms with Gasteiger partial charge in [0.2, 0.25) is 5.91 Å². The first-order chi connectivity index (χ1) is 19.7. The van der Waals surface area contributed by atoms with Crippen LogP contribution in [0.1, 0.15) is 79.8 Å². The Bertz CT molecular complexity index is 1500. The number of benzene rings is 2. The summed E-state index contributed by atoms with van der Waals surface area (Å²) in [5.41, 5.74) is 5.94. The number of ether oxygens (including phenoxy) is 1. The van der Waals surface area contributed by atoms with E-state index in [9.17, 15) is 9.59 Å². The summed E-state index contributed by atoms with van der Waals surface area (Å²) in [4.78, 5) is 36.2. The van der Waals surface area contributed by atoms with E-state index < -0.39 is 5.60 Å². The van der Waals surface area contributed by atoms with E-state index in [4.69, 9.17) is 4.74 Å². The lowest BCUT2D eigenvalue weighted by Crippen LogP contribution is -2.34. The van der Waals surface area contributed by atoms with Crippen LogP contribution in [0.25, 0.3) is 10.9 Å². The molecule has 7 nitrogen and oxygen atoms in total. The molecular formula is C33H40N4O3S. The van der Waals surface area contributed by atoms with Crippen molar-refractivity contribution in [3.63, 3.8) is 0 Å². The van der Waals surface area contributed by atoms with Crippen LogP contribution < -0.4 is 10.2 Å². The van der Waals surface area contributed by atoms with Gasteiger partial charge >= 0.3 is 5.97 Å². The number of hydrogen-bond acceptors (Lipinski definition) is 6. The molecule has 1 amide bonds. The number of piperidine rings is 1. The third-order valence-electron chi connectivity index (χ3n) is 7.41. The van der Waals surface area contributed by atoms with Gasteiger partial charge in [0.15, 0.2) is 0 Å². The molecular weight excluding hydrogens is 532 g/mol. The van der Waals surface area contributed by atoms with E-state index in [1.165, 1.54) is 30.5 Å². The molecule has 4 aromatic rings. The van der Waals surface area contributed by atoms with Crippen molar-refractivity contribution in [1.82, 2.24) is 15.3 Å². The number of rotatable bonds is 9. The number of carbonyl (C=O) groups excluding carboxylic acids is 2. The Morgan fingerprint density at radius 2 is 1.93 bits per heavy atom. The van der Waals surface area contributed by atoms with Crippen molar-refractivity contribution in [3.8, 4) is 0 Å². The van der Waals surface area contributed by atoms with Gasteiger partial charge in [0.25, 0.3) is 0 Å². The highest BCUT2D eigenvalue weighted by molar-refractivity contribution is 7.09. The highest BCUT2D eigenvalue weighted by atomic mass is 32.1. The average Bonchev–Trinajstić information content (AvgIpc) is 3.61. The van der Waals surface area contributed by atoms with E-state index in [1.54, 1.807) is 17.5 Å². The number of hydrogen-bond donors (Lipinski definition) is 2. The summed E-state index contributed by atoms with van der Waals surface area (Å²) in [6.45, 7) is 9.80. The smallest absolute Gasteiger partial charge is 0.306 e. The molecule has 41 heavy (non-hydrogen) atoms. The van der Waals surface area contributed by atoms with Crippen LogP contribution in [0.15, 0.2) is 54.2 Å². The van der Waals surface area contributed by atoms with Crippen molar-refractivity contribution in [1.29, 1.82) is 0 Å². The number of fused-ring (bicyclic) bond motifs is 1. The fourth-order valence-electron chi connectivity index (χ4n) is 5.53. The highest BCUT2D eigenvalue weighted by Gasteiger charge is 2.25. The Kier molecular flexibility index (Phi) is 8.78. The molecule has 8 heteroatoms. The number of amides is 1. The maximum absolute atomic E-state index is 13.5. The summed E-state index contributed by atoms with van der Waals surface area (Å²) in [6.07, 6.45) is 8.50. The number of H-pyrrole nitrogens is 1. The van der Waals surface area contributed by atoms with Crippen molar-refractivity contribution in [2.24, 2.45) is 0 Å². The second kappa shape index (κ2) is 12.5. The summed E-state index contributed by atoms with van der Waals surface area (Å²) in [7, 11) is 0. The molecule has 0 bridgehead atoms. The van der Waals surface area contributed by atoms with Gasteiger partial charge in [-0.3, -0.25) is 9.59 Å². The van der Waals surface area contributed by atoms with Gasteiger partial charge < -0.3 is 19.9 Å². The van der Waals surface area contributed by atoms with Crippen LogP contribution in [0.3, 0.4) is 0 Å². The van der Waals surface area contributed by atoms with Gasteiger partial charge in [0.05, 0.1) is 6.42 Å². The number of esters is 1. The Balaban J connectivity index is 1.34. The summed E-state index contributed by atoms with van der Waals surface area (Å²) < 4.78 is 5.47. The lowest BCUT2D eigenvalue weighted by molar-refractivity contribution is -0.154. The Labute approximate surface area is 246 Å². The van der Waals surface area contributed by atoms with Crippen molar-refractivity contribution in [2.45, 2.75) is 77.9 Å². The molecule has 0 radical (unpaired) electrons. The minimum Gasteiger partial charge on any atom is -0.460 e. The van der Waals surface area contributed by atoms with Crippen LogP contribution in [-0.2, 0) is 27.2 Å². The summed E-state index contributed by atoms with van der Waals surface area (Å²) >= 11 is 1.56. The molecule has 1 aliphatic rings. The fourth-order valence-corrected chi connectivity index (χ4v) is 6.23. The largest absolute Gasteiger partial charge is 0.460 e. The molecule has 1 aliphatic heterocycles. The molecule has 216 valence electrons. The van der Waals surface area contributed by atoms with E-state index in [0.717, 1.165) is 45.7 Å². The maximum atomic E-state index is 13.5. The number of anilines is 1. The van der Waals surface area contributed by atoms with Gasteiger partial charge in [-0.05, 0) is 88.3 Å². The number of nitrogens with one attached hydrogen (secondary N) is 2. The number of thiazole rings is 1.